The van der Waals surface area contributed by atoms with Gasteiger partial charge in [-0.2, -0.15) is 0 Å². The summed E-state index contributed by atoms with van der Waals surface area (Å²) >= 11 is 0. The first-order valence-electron chi connectivity index (χ1n) is 8.27. The zero-order valence-corrected chi connectivity index (χ0v) is 14.4. The number of ether oxygens (including phenoxy) is 1. The van der Waals surface area contributed by atoms with Crippen LogP contribution in [0.5, 0.6) is 0 Å². The molecule has 2 aliphatic rings. The Hall–Kier alpha value is -2.29. The Kier molecular flexibility index (Phi) is 6.47. The van der Waals surface area contributed by atoms with Gasteiger partial charge < -0.3 is 15.8 Å². The Morgan fingerprint density at radius 1 is 1.42 bits per heavy atom. The molecule has 9 heteroatoms. The van der Waals surface area contributed by atoms with Crippen LogP contribution in [-0.2, 0) is 9.53 Å². The average molecular weight is 373 g/mol. The van der Waals surface area contributed by atoms with Gasteiger partial charge in [-0.1, -0.05) is 17.3 Å². The van der Waals surface area contributed by atoms with Crippen LogP contribution in [0.4, 0.5) is 13.2 Å². The maximum absolute atomic E-state index is 12.5. The van der Waals surface area contributed by atoms with Gasteiger partial charge in [0.2, 0.25) is 0 Å². The fourth-order valence-corrected chi connectivity index (χ4v) is 3.07. The molecule has 1 heterocycles. The molecule has 0 saturated carbocycles. The number of rotatable bonds is 4. The van der Waals surface area contributed by atoms with Gasteiger partial charge in [0.25, 0.3) is 5.91 Å². The Labute approximate surface area is 149 Å². The van der Waals surface area contributed by atoms with Crippen LogP contribution in [0.1, 0.15) is 26.2 Å². The lowest BCUT2D eigenvalue weighted by Crippen LogP contribution is -2.41. The number of nitrogens with two attached hydrogens (primary N) is 1. The van der Waals surface area contributed by atoms with Crippen molar-refractivity contribution in [1.82, 2.24) is 4.90 Å². The first-order chi connectivity index (χ1) is 12.2. The van der Waals surface area contributed by atoms with Gasteiger partial charge in [0.1, 0.15) is 0 Å². The minimum Gasteiger partial charge on any atom is -0.411 e. The van der Waals surface area contributed by atoms with Gasteiger partial charge >= 0.3 is 6.36 Å². The Morgan fingerprint density at radius 3 is 2.62 bits per heavy atom. The van der Waals surface area contributed by atoms with Gasteiger partial charge in [-0.05, 0) is 38.3 Å². The predicted molar refractivity (Wildman–Crippen MR) is 89.2 cm³/mol. The molecule has 1 unspecified atom stereocenters. The highest BCUT2D eigenvalue weighted by molar-refractivity contribution is 5.98. The average Bonchev–Trinajstić information content (AvgIpc) is 2.58. The van der Waals surface area contributed by atoms with Crippen LogP contribution in [0, 0.1) is 5.92 Å². The largest absolute Gasteiger partial charge is 0.523 e. The normalized spacial score (nSPS) is 23.2. The number of likely N-dealkylation sites (tertiary alicyclic amines) is 1. The number of halogens is 3. The summed E-state index contributed by atoms with van der Waals surface area (Å²) in [6, 6.07) is 0. The number of nitrogens with zero attached hydrogens (tertiary/aromatic N) is 2. The summed E-state index contributed by atoms with van der Waals surface area (Å²) in [7, 11) is 0. The molecule has 1 aliphatic heterocycles. The van der Waals surface area contributed by atoms with Gasteiger partial charge in [-0.25, -0.2) is 0 Å². The number of carbonyl (C=O) groups excluding carboxylic acids is 1. The zero-order chi connectivity index (χ0) is 19.3. The first-order valence-corrected chi connectivity index (χ1v) is 8.27. The number of amides is 1. The Bertz CT molecular complexity index is 641. The molecule has 0 spiro atoms. The van der Waals surface area contributed by atoms with E-state index < -0.39 is 12.5 Å². The molecule has 0 bridgehead atoms. The Balaban J connectivity index is 1.97. The molecule has 26 heavy (non-hydrogen) atoms. The predicted octanol–water partition coefficient (Wildman–Crippen LogP) is 2.71. The summed E-state index contributed by atoms with van der Waals surface area (Å²) in [5, 5.41) is 12.4. The van der Waals surface area contributed by atoms with Crippen molar-refractivity contribution in [3.63, 3.8) is 0 Å². The lowest BCUT2D eigenvalue weighted by Gasteiger charge is -2.32. The molecule has 0 aromatic carbocycles. The van der Waals surface area contributed by atoms with Crippen molar-refractivity contribution in [1.29, 1.82) is 0 Å². The molecule has 3 N–H and O–H groups in total. The highest BCUT2D eigenvalue weighted by atomic mass is 19.4. The molecule has 1 atom stereocenters. The highest BCUT2D eigenvalue weighted by Crippen LogP contribution is 2.26. The third-order valence-corrected chi connectivity index (χ3v) is 4.25. The van der Waals surface area contributed by atoms with Crippen LogP contribution >= 0.6 is 0 Å². The molecule has 1 fully saturated rings. The van der Waals surface area contributed by atoms with Gasteiger partial charge in [0.15, 0.2) is 0 Å². The van der Waals surface area contributed by atoms with E-state index in [1.165, 1.54) is 18.2 Å². The summed E-state index contributed by atoms with van der Waals surface area (Å²) in [4.78, 5) is 14.1. The fraction of sp³-hybridized carbons (Fsp3) is 0.529. The van der Waals surface area contributed by atoms with Crippen LogP contribution in [0.2, 0.25) is 0 Å². The molecule has 6 nitrogen and oxygen atoms in total. The molecule has 0 aromatic rings. The Morgan fingerprint density at radius 2 is 2.08 bits per heavy atom. The van der Waals surface area contributed by atoms with E-state index in [1.54, 1.807) is 17.9 Å². The second kappa shape index (κ2) is 8.39. The summed E-state index contributed by atoms with van der Waals surface area (Å²) < 4.78 is 41.0. The van der Waals surface area contributed by atoms with Crippen LogP contribution < -0.4 is 5.73 Å². The van der Waals surface area contributed by atoms with Gasteiger partial charge in [-0.15, -0.1) is 13.2 Å². The summed E-state index contributed by atoms with van der Waals surface area (Å²) in [5.74, 6) is -0.358. The van der Waals surface area contributed by atoms with Crippen molar-refractivity contribution in [2.45, 2.75) is 38.7 Å². The van der Waals surface area contributed by atoms with Crippen LogP contribution in [0.3, 0.4) is 0 Å². The highest BCUT2D eigenvalue weighted by Gasteiger charge is 2.34. The monoisotopic (exact) mass is 373 g/mol. The summed E-state index contributed by atoms with van der Waals surface area (Å²) in [6.45, 7) is 2.51. The standard InChI is InChI=1S/C17H22F3N3O3/c1-11(21)9-15(22-25)12-5-7-23(8-6-12)16(24)13-3-2-4-14(10-13)26-17(18,19)20/h2-3,9-10,12,14,25H,4-8,21H2,1H3/b11-9+,22-15+. The number of alkyl halides is 3. The number of allylic oxidation sites excluding steroid dienone is 2. The molecule has 0 aromatic heterocycles. The van der Waals surface area contributed by atoms with Crippen LogP contribution in [0.25, 0.3) is 0 Å². The third-order valence-electron chi connectivity index (χ3n) is 4.25. The third kappa shape index (κ3) is 5.62. The first kappa shape index (κ1) is 20.0. The summed E-state index contributed by atoms with van der Waals surface area (Å²) in [5.41, 5.74) is 6.78. The lowest BCUT2D eigenvalue weighted by molar-refractivity contribution is -0.336. The molecular weight excluding hydrogens is 351 g/mol. The minimum atomic E-state index is -4.74. The van der Waals surface area contributed by atoms with Crippen molar-refractivity contribution < 1.29 is 27.9 Å². The number of hydrogen-bond donors (Lipinski definition) is 2. The molecular formula is C17H22F3N3O3. The van der Waals surface area contributed by atoms with Crippen molar-refractivity contribution in [2.24, 2.45) is 16.8 Å². The van der Waals surface area contributed by atoms with Gasteiger partial charge in [0, 0.05) is 30.3 Å². The number of oxime groups is 1. The maximum atomic E-state index is 12.5. The number of piperidine rings is 1. The van der Waals surface area contributed by atoms with E-state index in [9.17, 15) is 18.0 Å². The van der Waals surface area contributed by atoms with Crippen molar-refractivity contribution in [3.05, 3.63) is 35.6 Å². The van der Waals surface area contributed by atoms with Crippen molar-refractivity contribution in [2.75, 3.05) is 13.1 Å². The smallest absolute Gasteiger partial charge is 0.411 e. The topological polar surface area (TPSA) is 88.2 Å². The van der Waals surface area contributed by atoms with Gasteiger partial charge in [0.05, 0.1) is 11.8 Å². The second-order valence-corrected chi connectivity index (χ2v) is 6.34. The molecule has 0 radical (unpaired) electrons. The van der Waals surface area contributed by atoms with E-state index in [0.29, 0.717) is 37.3 Å². The second-order valence-electron chi connectivity index (χ2n) is 6.34. The van der Waals surface area contributed by atoms with E-state index in [0.717, 1.165) is 0 Å². The number of carbonyl (C=O) groups is 1. The lowest BCUT2D eigenvalue weighted by atomic mass is 9.90. The molecule has 2 rings (SSSR count). The molecule has 1 saturated heterocycles. The zero-order valence-electron chi connectivity index (χ0n) is 14.4. The molecule has 1 amide bonds. The van der Waals surface area contributed by atoms with E-state index in [2.05, 4.69) is 9.89 Å². The maximum Gasteiger partial charge on any atom is 0.523 e. The van der Waals surface area contributed by atoms with Crippen molar-refractivity contribution >= 4 is 11.6 Å². The van der Waals surface area contributed by atoms with E-state index in [4.69, 9.17) is 10.9 Å². The van der Waals surface area contributed by atoms with E-state index in [-0.39, 0.29) is 23.8 Å². The fourth-order valence-electron chi connectivity index (χ4n) is 3.07. The van der Waals surface area contributed by atoms with Crippen LogP contribution in [-0.4, -0.2) is 47.3 Å². The van der Waals surface area contributed by atoms with E-state index >= 15 is 0 Å². The van der Waals surface area contributed by atoms with Crippen molar-refractivity contribution in [3.8, 4) is 0 Å². The molecule has 144 valence electrons. The minimum absolute atomic E-state index is 0.0280. The van der Waals surface area contributed by atoms with Crippen LogP contribution in [0.15, 0.2) is 40.7 Å². The number of hydrogen-bond acceptors (Lipinski definition) is 5. The quantitative estimate of drug-likeness (QED) is 0.451. The molecule has 1 aliphatic carbocycles. The van der Waals surface area contributed by atoms with E-state index in [1.807, 2.05) is 0 Å². The SMILES string of the molecule is C/C(N)=C\C(=N/O)C1CCN(C(=O)C2=CC(OC(F)(F)F)CC=C2)CC1. The van der Waals surface area contributed by atoms with Gasteiger partial charge in [-0.3, -0.25) is 9.53 Å². The summed E-state index contributed by atoms with van der Waals surface area (Å²) in [6.07, 6.45) is 1.11.